The fraction of sp³-hybridized carbons (Fsp3) is 0.160. The Morgan fingerprint density at radius 1 is 0.939 bits per heavy atom. The van der Waals surface area contributed by atoms with Crippen LogP contribution < -0.4 is 20.1 Å². The van der Waals surface area contributed by atoms with Crippen LogP contribution in [0.3, 0.4) is 0 Å². The maximum Gasteiger partial charge on any atom is 0.263 e. The van der Waals surface area contributed by atoms with E-state index in [2.05, 4.69) is 41.0 Å². The Morgan fingerprint density at radius 3 is 2.48 bits per heavy atom. The highest BCUT2D eigenvalue weighted by atomic mass is 32.2. The van der Waals surface area contributed by atoms with E-state index in [1.165, 1.54) is 21.7 Å². The predicted octanol–water partition coefficient (Wildman–Crippen LogP) is 4.32. The monoisotopic (exact) mass is 478 g/mol. The Kier molecular flexibility index (Phi) is 7.26. The molecule has 2 amide bonds. The Balaban J connectivity index is 1.43. The van der Waals surface area contributed by atoms with E-state index >= 15 is 0 Å². The lowest BCUT2D eigenvalue weighted by Gasteiger charge is -2.17. The first-order valence-corrected chi connectivity index (χ1v) is 11.8. The zero-order valence-electron chi connectivity index (χ0n) is 17.9. The number of fused-ring (bicyclic) bond motifs is 1. The van der Waals surface area contributed by atoms with Crippen LogP contribution in [0.15, 0.2) is 71.1 Å². The fourth-order valence-corrected chi connectivity index (χ4v) is 4.49. The van der Waals surface area contributed by atoms with Crippen LogP contribution in [0.25, 0.3) is 16.8 Å². The largest absolute Gasteiger partial charge is 0.490 e. The molecular weight excluding hydrogens is 456 g/mol. The summed E-state index contributed by atoms with van der Waals surface area (Å²) in [5, 5.41) is 7.30. The molecule has 0 aromatic heterocycles. The Labute approximate surface area is 201 Å². The summed E-state index contributed by atoms with van der Waals surface area (Å²) in [6, 6.07) is 19.9. The number of thioether (sulfide) groups is 1. The lowest BCUT2D eigenvalue weighted by molar-refractivity contribution is -0.123. The van der Waals surface area contributed by atoms with Crippen LogP contribution in [0.5, 0.6) is 11.5 Å². The van der Waals surface area contributed by atoms with Gasteiger partial charge in [-0.2, -0.15) is 0 Å². The molecule has 0 radical (unpaired) electrons. The van der Waals surface area contributed by atoms with Gasteiger partial charge in [0.1, 0.15) is 5.57 Å². The van der Waals surface area contributed by atoms with Crippen molar-refractivity contribution in [2.45, 2.75) is 11.8 Å². The molecule has 33 heavy (non-hydrogen) atoms. The molecule has 2 N–H and O–H groups in total. The van der Waals surface area contributed by atoms with Gasteiger partial charge in [-0.15, -0.1) is 11.8 Å². The van der Waals surface area contributed by atoms with Crippen LogP contribution in [0.2, 0.25) is 0 Å². The van der Waals surface area contributed by atoms with Crippen molar-refractivity contribution in [1.29, 1.82) is 0 Å². The highest BCUT2D eigenvalue weighted by Crippen LogP contribution is 2.31. The van der Waals surface area contributed by atoms with E-state index in [0.29, 0.717) is 30.3 Å². The number of thiocarbonyl (C=S) groups is 1. The fourth-order valence-electron chi connectivity index (χ4n) is 3.40. The van der Waals surface area contributed by atoms with Crippen molar-refractivity contribution in [3.8, 4) is 11.5 Å². The van der Waals surface area contributed by atoms with Crippen LogP contribution in [0.4, 0.5) is 0 Å². The first kappa shape index (κ1) is 22.8. The van der Waals surface area contributed by atoms with Gasteiger partial charge in [-0.05, 0) is 59.8 Å². The predicted molar refractivity (Wildman–Crippen MR) is 135 cm³/mol. The van der Waals surface area contributed by atoms with Crippen LogP contribution in [-0.2, 0) is 9.59 Å². The zero-order valence-corrected chi connectivity index (χ0v) is 19.6. The summed E-state index contributed by atoms with van der Waals surface area (Å²) in [5.41, 5.74) is 0.621. The third-order valence-corrected chi connectivity index (χ3v) is 6.11. The molecule has 168 valence electrons. The van der Waals surface area contributed by atoms with Crippen molar-refractivity contribution >= 4 is 57.8 Å². The number of amides is 2. The van der Waals surface area contributed by atoms with Crippen molar-refractivity contribution in [3.63, 3.8) is 0 Å². The van der Waals surface area contributed by atoms with Gasteiger partial charge in [-0.1, -0.05) is 42.5 Å². The number of rotatable bonds is 8. The van der Waals surface area contributed by atoms with Gasteiger partial charge in [0, 0.05) is 10.6 Å². The van der Waals surface area contributed by atoms with Crippen LogP contribution >= 0.6 is 24.0 Å². The second kappa shape index (κ2) is 10.5. The molecule has 3 aromatic rings. The topological polar surface area (TPSA) is 76.7 Å². The van der Waals surface area contributed by atoms with Crippen molar-refractivity contribution in [2.75, 3.05) is 19.0 Å². The number of hydrogen-bond acceptors (Lipinski definition) is 6. The zero-order chi connectivity index (χ0) is 23.2. The number of ether oxygens (including phenoxy) is 2. The summed E-state index contributed by atoms with van der Waals surface area (Å²) in [6.07, 6.45) is 1.50. The molecule has 0 bridgehead atoms. The Hall–Kier alpha value is -3.36. The molecule has 8 heteroatoms. The average molecular weight is 479 g/mol. The highest BCUT2D eigenvalue weighted by molar-refractivity contribution is 7.99. The van der Waals surface area contributed by atoms with Gasteiger partial charge in [-0.25, -0.2) is 0 Å². The quantitative estimate of drug-likeness (QED) is 0.165. The van der Waals surface area contributed by atoms with Crippen molar-refractivity contribution in [1.82, 2.24) is 10.6 Å². The summed E-state index contributed by atoms with van der Waals surface area (Å²) in [4.78, 5) is 25.4. The maximum absolute atomic E-state index is 12.1. The molecule has 0 atom stereocenters. The van der Waals surface area contributed by atoms with E-state index in [1.807, 2.05) is 19.1 Å². The molecule has 1 fully saturated rings. The van der Waals surface area contributed by atoms with Crippen LogP contribution in [-0.4, -0.2) is 35.9 Å². The average Bonchev–Trinajstić information content (AvgIpc) is 2.80. The number of hydrogen-bond donors (Lipinski definition) is 2. The van der Waals surface area contributed by atoms with Crippen molar-refractivity contribution in [2.24, 2.45) is 0 Å². The molecule has 6 nitrogen and oxygen atoms in total. The third-order valence-electron chi connectivity index (χ3n) is 4.87. The van der Waals surface area contributed by atoms with Gasteiger partial charge in [0.05, 0.1) is 13.2 Å². The summed E-state index contributed by atoms with van der Waals surface area (Å²) in [5.74, 6) is 0.858. The normalized spacial score (nSPS) is 13.5. The molecular formula is C25H22N2O4S2. The SMILES string of the molecule is CCOc1cc(C=C2C(=O)NC(=S)NC2=O)ccc1OCCSc1cccc2ccccc12. The number of carbonyl (C=O) groups excluding carboxylic acids is 2. The summed E-state index contributed by atoms with van der Waals surface area (Å²) in [6.45, 7) is 2.83. The number of carbonyl (C=O) groups is 2. The molecule has 1 aliphatic heterocycles. The minimum absolute atomic E-state index is 0.00210. The Bertz CT molecular complexity index is 1230. The molecule has 3 aromatic carbocycles. The van der Waals surface area contributed by atoms with Gasteiger partial charge in [-0.3, -0.25) is 20.2 Å². The van der Waals surface area contributed by atoms with Crippen LogP contribution in [0, 0.1) is 0 Å². The van der Waals surface area contributed by atoms with Crippen molar-refractivity contribution < 1.29 is 19.1 Å². The van der Waals surface area contributed by atoms with E-state index in [9.17, 15) is 9.59 Å². The first-order chi connectivity index (χ1) is 16.0. The lowest BCUT2D eigenvalue weighted by Crippen LogP contribution is -2.51. The molecule has 0 saturated carbocycles. The summed E-state index contributed by atoms with van der Waals surface area (Å²) in [7, 11) is 0. The van der Waals surface area contributed by atoms with Gasteiger partial charge in [0.2, 0.25) is 0 Å². The highest BCUT2D eigenvalue weighted by Gasteiger charge is 2.25. The molecule has 0 unspecified atom stereocenters. The van der Waals surface area contributed by atoms with E-state index in [4.69, 9.17) is 21.7 Å². The minimum Gasteiger partial charge on any atom is -0.490 e. The second-order valence-electron chi connectivity index (χ2n) is 7.11. The molecule has 0 aliphatic carbocycles. The van der Waals surface area contributed by atoms with Crippen LogP contribution in [0.1, 0.15) is 12.5 Å². The van der Waals surface area contributed by atoms with E-state index in [1.54, 1.807) is 30.0 Å². The summed E-state index contributed by atoms with van der Waals surface area (Å²) < 4.78 is 11.7. The van der Waals surface area contributed by atoms with E-state index in [-0.39, 0.29) is 10.7 Å². The molecule has 0 spiro atoms. The van der Waals surface area contributed by atoms with Gasteiger partial charge in [0.15, 0.2) is 16.6 Å². The molecule has 4 rings (SSSR count). The third kappa shape index (κ3) is 5.53. The lowest BCUT2D eigenvalue weighted by atomic mass is 10.1. The Morgan fingerprint density at radius 2 is 1.70 bits per heavy atom. The minimum atomic E-state index is -0.535. The maximum atomic E-state index is 12.1. The van der Waals surface area contributed by atoms with Crippen molar-refractivity contribution in [3.05, 3.63) is 71.8 Å². The summed E-state index contributed by atoms with van der Waals surface area (Å²) >= 11 is 6.57. The second-order valence-corrected chi connectivity index (χ2v) is 8.65. The van der Waals surface area contributed by atoms with Gasteiger partial charge >= 0.3 is 0 Å². The van der Waals surface area contributed by atoms with Gasteiger partial charge < -0.3 is 9.47 Å². The standard InChI is InChI=1S/C25H22N2O4S2/c1-2-30-21-15-16(14-19-23(28)26-25(32)27-24(19)29)10-11-20(21)31-12-13-33-22-9-5-7-17-6-3-4-8-18(17)22/h3-11,14-15H,2,12-13H2,1H3,(H2,26,27,28,29,32). The first-order valence-electron chi connectivity index (χ1n) is 10.4. The molecule has 1 saturated heterocycles. The van der Waals surface area contributed by atoms with E-state index < -0.39 is 11.8 Å². The number of benzene rings is 3. The number of nitrogens with one attached hydrogen (secondary N) is 2. The molecule has 1 heterocycles. The smallest absolute Gasteiger partial charge is 0.263 e. The molecule has 1 aliphatic rings. The van der Waals surface area contributed by atoms with E-state index in [0.717, 1.165) is 5.75 Å². The van der Waals surface area contributed by atoms with Gasteiger partial charge in [0.25, 0.3) is 11.8 Å².